The molecule has 3 heteroatoms. The maximum atomic E-state index is 4.70. The number of imidazole rings is 1. The number of nitrogens with zero attached hydrogens (tertiary/aromatic N) is 1. The second-order valence-corrected chi connectivity index (χ2v) is 5.21. The Morgan fingerprint density at radius 2 is 1.75 bits per heavy atom. The van der Waals surface area contributed by atoms with Crippen LogP contribution in [0.1, 0.15) is 11.3 Å². The predicted octanol–water partition coefficient (Wildman–Crippen LogP) is 4.33. The standard InChI is InChI=1S/C17H15N3/c1-10-11(2)18-16-12(10)6-5-7-13(16)17-19-14-8-3-4-9-15(14)20-17/h3-9,18H,1-2H3,(H,19,20). The lowest BCUT2D eigenvalue weighted by molar-refractivity contribution is 1.25. The Hall–Kier alpha value is -2.55. The van der Waals surface area contributed by atoms with Crippen LogP contribution in [0.3, 0.4) is 0 Å². The molecule has 0 fully saturated rings. The van der Waals surface area contributed by atoms with Gasteiger partial charge in [-0.15, -0.1) is 0 Å². The number of aromatic nitrogens is 3. The number of H-pyrrole nitrogens is 2. The van der Waals surface area contributed by atoms with Crippen molar-refractivity contribution in [3.63, 3.8) is 0 Å². The van der Waals surface area contributed by atoms with E-state index >= 15 is 0 Å². The van der Waals surface area contributed by atoms with Crippen LogP contribution < -0.4 is 0 Å². The minimum atomic E-state index is 0.915. The Kier molecular flexibility index (Phi) is 2.24. The topological polar surface area (TPSA) is 44.5 Å². The van der Waals surface area contributed by atoms with Crippen LogP contribution in [0.2, 0.25) is 0 Å². The minimum absolute atomic E-state index is 0.915. The highest BCUT2D eigenvalue weighted by atomic mass is 14.9. The lowest BCUT2D eigenvalue weighted by Crippen LogP contribution is -1.82. The Balaban J connectivity index is 2.04. The van der Waals surface area contributed by atoms with Crippen molar-refractivity contribution in [3.05, 3.63) is 53.7 Å². The van der Waals surface area contributed by atoms with Crippen LogP contribution in [0.15, 0.2) is 42.5 Å². The third-order valence-electron chi connectivity index (χ3n) is 3.99. The van der Waals surface area contributed by atoms with Crippen LogP contribution in [0.5, 0.6) is 0 Å². The normalized spacial score (nSPS) is 11.5. The van der Waals surface area contributed by atoms with Gasteiger partial charge in [-0.05, 0) is 37.6 Å². The fourth-order valence-corrected chi connectivity index (χ4v) is 2.76. The van der Waals surface area contributed by atoms with Crippen LogP contribution in [0.25, 0.3) is 33.3 Å². The summed E-state index contributed by atoms with van der Waals surface area (Å²) in [5, 5.41) is 1.26. The zero-order valence-corrected chi connectivity index (χ0v) is 11.5. The summed E-state index contributed by atoms with van der Waals surface area (Å²) in [6.45, 7) is 4.26. The van der Waals surface area contributed by atoms with Crippen molar-refractivity contribution in [2.45, 2.75) is 13.8 Å². The first-order valence-corrected chi connectivity index (χ1v) is 6.77. The lowest BCUT2D eigenvalue weighted by atomic mass is 10.1. The van der Waals surface area contributed by atoms with E-state index in [1.165, 1.54) is 16.6 Å². The number of hydrogen-bond donors (Lipinski definition) is 2. The van der Waals surface area contributed by atoms with Crippen molar-refractivity contribution in [1.29, 1.82) is 0 Å². The first-order valence-electron chi connectivity index (χ1n) is 6.77. The third kappa shape index (κ3) is 1.50. The number of hydrogen-bond acceptors (Lipinski definition) is 1. The molecule has 0 atom stereocenters. The highest BCUT2D eigenvalue weighted by Crippen LogP contribution is 2.30. The number of benzene rings is 2. The predicted molar refractivity (Wildman–Crippen MR) is 82.9 cm³/mol. The second kappa shape index (κ2) is 3.97. The molecule has 2 heterocycles. The lowest BCUT2D eigenvalue weighted by Gasteiger charge is -1.99. The molecule has 0 saturated heterocycles. The molecule has 0 bridgehead atoms. The maximum Gasteiger partial charge on any atom is 0.140 e. The summed E-state index contributed by atoms with van der Waals surface area (Å²) >= 11 is 0. The van der Waals surface area contributed by atoms with Crippen LogP contribution in [0, 0.1) is 13.8 Å². The van der Waals surface area contributed by atoms with Crippen molar-refractivity contribution >= 4 is 21.9 Å². The van der Waals surface area contributed by atoms with Gasteiger partial charge in [0.05, 0.1) is 16.6 Å². The number of rotatable bonds is 1. The van der Waals surface area contributed by atoms with Gasteiger partial charge in [-0.2, -0.15) is 0 Å². The minimum Gasteiger partial charge on any atom is -0.358 e. The Morgan fingerprint density at radius 1 is 0.900 bits per heavy atom. The van der Waals surface area contributed by atoms with Crippen LogP contribution in [-0.2, 0) is 0 Å². The summed E-state index contributed by atoms with van der Waals surface area (Å²) in [7, 11) is 0. The molecule has 0 unspecified atom stereocenters. The number of nitrogens with one attached hydrogen (secondary N) is 2. The average molecular weight is 261 g/mol. The zero-order chi connectivity index (χ0) is 13.7. The molecule has 0 aliphatic carbocycles. The molecule has 2 N–H and O–H groups in total. The molecule has 2 aromatic carbocycles. The van der Waals surface area contributed by atoms with E-state index in [1.807, 2.05) is 18.2 Å². The summed E-state index contributed by atoms with van der Waals surface area (Å²) in [5.74, 6) is 0.915. The van der Waals surface area contributed by atoms with E-state index < -0.39 is 0 Å². The van der Waals surface area contributed by atoms with Crippen molar-refractivity contribution in [1.82, 2.24) is 15.0 Å². The first-order chi connectivity index (χ1) is 9.74. The molecule has 3 nitrogen and oxygen atoms in total. The number of aromatic amines is 2. The van der Waals surface area contributed by atoms with E-state index in [0.717, 1.165) is 27.9 Å². The highest BCUT2D eigenvalue weighted by molar-refractivity contribution is 5.96. The molecule has 4 rings (SSSR count). The Morgan fingerprint density at radius 3 is 2.60 bits per heavy atom. The van der Waals surface area contributed by atoms with Crippen LogP contribution in [-0.4, -0.2) is 15.0 Å². The molecule has 4 aromatic rings. The molecular formula is C17H15N3. The van der Waals surface area contributed by atoms with Gasteiger partial charge in [0.25, 0.3) is 0 Å². The van der Waals surface area contributed by atoms with E-state index in [2.05, 4.69) is 48.1 Å². The van der Waals surface area contributed by atoms with E-state index in [1.54, 1.807) is 0 Å². The third-order valence-corrected chi connectivity index (χ3v) is 3.99. The molecule has 98 valence electrons. The number of para-hydroxylation sites is 3. The summed E-state index contributed by atoms with van der Waals surface area (Å²) < 4.78 is 0. The molecule has 0 aliphatic heterocycles. The second-order valence-electron chi connectivity index (χ2n) is 5.21. The average Bonchev–Trinajstić information content (AvgIpc) is 3.01. The van der Waals surface area contributed by atoms with Crippen LogP contribution in [0.4, 0.5) is 0 Å². The molecular weight excluding hydrogens is 246 g/mol. The summed E-state index contributed by atoms with van der Waals surface area (Å²) in [4.78, 5) is 11.6. The fourth-order valence-electron chi connectivity index (χ4n) is 2.76. The molecule has 2 aromatic heterocycles. The first kappa shape index (κ1) is 11.3. The Bertz CT molecular complexity index is 895. The van der Waals surface area contributed by atoms with Gasteiger partial charge in [0.1, 0.15) is 5.82 Å². The maximum absolute atomic E-state index is 4.70. The van der Waals surface area contributed by atoms with Gasteiger partial charge in [-0.1, -0.05) is 24.3 Å². The smallest absolute Gasteiger partial charge is 0.140 e. The Labute approximate surface area is 116 Å². The van der Waals surface area contributed by atoms with Gasteiger partial charge in [-0.3, -0.25) is 0 Å². The van der Waals surface area contributed by atoms with E-state index in [9.17, 15) is 0 Å². The molecule has 0 amide bonds. The zero-order valence-electron chi connectivity index (χ0n) is 11.5. The van der Waals surface area contributed by atoms with Crippen molar-refractivity contribution in [2.75, 3.05) is 0 Å². The van der Waals surface area contributed by atoms with Crippen LogP contribution >= 0.6 is 0 Å². The van der Waals surface area contributed by atoms with Gasteiger partial charge in [0, 0.05) is 16.6 Å². The monoisotopic (exact) mass is 261 g/mol. The van der Waals surface area contributed by atoms with Gasteiger partial charge in [0.2, 0.25) is 0 Å². The van der Waals surface area contributed by atoms with Crippen molar-refractivity contribution in [3.8, 4) is 11.4 Å². The van der Waals surface area contributed by atoms with Gasteiger partial charge in [0.15, 0.2) is 0 Å². The van der Waals surface area contributed by atoms with Gasteiger partial charge in [-0.25, -0.2) is 4.98 Å². The molecule has 0 saturated carbocycles. The molecule has 20 heavy (non-hydrogen) atoms. The number of aryl methyl sites for hydroxylation is 2. The summed E-state index contributed by atoms with van der Waals surface area (Å²) in [6.07, 6.45) is 0. The van der Waals surface area contributed by atoms with Gasteiger partial charge < -0.3 is 9.97 Å². The van der Waals surface area contributed by atoms with E-state index in [-0.39, 0.29) is 0 Å². The molecule has 0 spiro atoms. The van der Waals surface area contributed by atoms with Crippen molar-refractivity contribution in [2.24, 2.45) is 0 Å². The van der Waals surface area contributed by atoms with Crippen molar-refractivity contribution < 1.29 is 0 Å². The highest BCUT2D eigenvalue weighted by Gasteiger charge is 2.12. The van der Waals surface area contributed by atoms with E-state index in [4.69, 9.17) is 4.98 Å². The molecule has 0 aliphatic rings. The summed E-state index contributed by atoms with van der Waals surface area (Å²) in [5.41, 5.74) is 6.86. The van der Waals surface area contributed by atoms with Gasteiger partial charge >= 0.3 is 0 Å². The van der Waals surface area contributed by atoms with E-state index in [0.29, 0.717) is 0 Å². The number of fused-ring (bicyclic) bond motifs is 2. The fraction of sp³-hybridized carbons (Fsp3) is 0.118. The molecule has 0 radical (unpaired) electrons. The summed E-state index contributed by atoms with van der Waals surface area (Å²) in [6, 6.07) is 14.5. The quantitative estimate of drug-likeness (QED) is 0.526. The SMILES string of the molecule is Cc1[nH]c2c(-c3nc4ccccc4[nH]3)cccc2c1C. The largest absolute Gasteiger partial charge is 0.358 e.